The Morgan fingerprint density at radius 2 is 1.24 bits per heavy atom. The number of rotatable bonds is 0. The van der Waals surface area contributed by atoms with Crippen molar-refractivity contribution in [1.82, 2.24) is 9.80 Å². The van der Waals surface area contributed by atoms with Crippen molar-refractivity contribution >= 4 is 23.9 Å². The number of likely N-dealkylation sites (tertiary alicyclic amines) is 2. The van der Waals surface area contributed by atoms with Crippen molar-refractivity contribution in [2.45, 2.75) is 97.9 Å². The molecule has 0 aliphatic carbocycles. The minimum Gasteiger partial charge on any atom is -0.450 e. The lowest BCUT2D eigenvalue weighted by atomic mass is 9.84. The van der Waals surface area contributed by atoms with Crippen LogP contribution < -0.4 is 0 Å². The number of benzene rings is 1. The van der Waals surface area contributed by atoms with E-state index in [0.29, 0.717) is 57.4 Å². The predicted octanol–water partition coefficient (Wildman–Crippen LogP) is 5.70. The molecule has 2 fully saturated rings. The summed E-state index contributed by atoms with van der Waals surface area (Å²) in [7, 11) is 0. The van der Waals surface area contributed by atoms with Gasteiger partial charge in [-0.15, -0.1) is 0 Å². The molecule has 9 heteroatoms. The summed E-state index contributed by atoms with van der Waals surface area (Å²) in [6.07, 6.45) is 1.51. The molecule has 1 spiro atoms. The summed E-state index contributed by atoms with van der Waals surface area (Å²) in [6.45, 7) is 17.1. The molecular weight excluding hydrogens is 488 g/mol. The molecular formula is C29H44N2O7. The third-order valence-corrected chi connectivity index (χ3v) is 6.12. The Bertz CT molecular complexity index is 989. The lowest BCUT2D eigenvalue weighted by Crippen LogP contribution is -2.47. The maximum atomic E-state index is 12.1. The summed E-state index contributed by atoms with van der Waals surface area (Å²) in [5, 5.41) is 0. The van der Waals surface area contributed by atoms with Gasteiger partial charge in [0, 0.05) is 57.4 Å². The van der Waals surface area contributed by atoms with Crippen molar-refractivity contribution < 1.29 is 33.4 Å². The van der Waals surface area contributed by atoms with Gasteiger partial charge in [-0.3, -0.25) is 4.79 Å². The molecule has 3 aliphatic rings. The molecule has 212 valence electrons. The lowest BCUT2D eigenvalue weighted by molar-refractivity contribution is -0.121. The summed E-state index contributed by atoms with van der Waals surface area (Å²) in [4.78, 5) is 49.9. The van der Waals surface area contributed by atoms with Crippen LogP contribution in [0.2, 0.25) is 0 Å². The van der Waals surface area contributed by atoms with Gasteiger partial charge in [0.1, 0.15) is 22.6 Å². The average molecular weight is 533 g/mol. The van der Waals surface area contributed by atoms with Crippen molar-refractivity contribution in [2.24, 2.45) is 0 Å². The molecule has 0 atom stereocenters. The van der Waals surface area contributed by atoms with E-state index in [-0.39, 0.29) is 23.9 Å². The highest BCUT2D eigenvalue weighted by molar-refractivity contribution is 5.94. The summed E-state index contributed by atoms with van der Waals surface area (Å²) in [6, 6.07) is 7.51. The number of amides is 2. The fraction of sp³-hybridized carbons (Fsp3) is 0.655. The Morgan fingerprint density at radius 3 is 1.71 bits per heavy atom. The third kappa shape index (κ3) is 8.46. The van der Waals surface area contributed by atoms with Gasteiger partial charge in [0.05, 0.1) is 5.56 Å². The number of carbonyl (C=O) groups is 4. The normalized spacial score (nSPS) is 18.3. The second-order valence-electron chi connectivity index (χ2n) is 11.4. The first-order chi connectivity index (χ1) is 17.7. The van der Waals surface area contributed by atoms with Crippen molar-refractivity contribution in [2.75, 3.05) is 26.2 Å². The van der Waals surface area contributed by atoms with Gasteiger partial charge < -0.3 is 24.0 Å². The van der Waals surface area contributed by atoms with Crippen molar-refractivity contribution in [3.05, 3.63) is 35.4 Å². The zero-order valence-corrected chi connectivity index (χ0v) is 24.2. The van der Waals surface area contributed by atoms with Crippen LogP contribution in [0.25, 0.3) is 0 Å². The molecule has 0 aromatic heterocycles. The van der Waals surface area contributed by atoms with Gasteiger partial charge in [0.25, 0.3) is 0 Å². The van der Waals surface area contributed by atoms with Crippen LogP contribution in [0.4, 0.5) is 9.59 Å². The van der Waals surface area contributed by atoms with E-state index in [4.69, 9.17) is 14.2 Å². The number of ether oxygens (including phenoxy) is 3. The Morgan fingerprint density at radius 1 is 0.789 bits per heavy atom. The van der Waals surface area contributed by atoms with Crippen LogP contribution in [-0.2, 0) is 24.6 Å². The molecule has 3 heterocycles. The van der Waals surface area contributed by atoms with Gasteiger partial charge >= 0.3 is 18.2 Å². The number of piperidine rings is 2. The maximum absolute atomic E-state index is 12.1. The van der Waals surface area contributed by atoms with Gasteiger partial charge in [0.2, 0.25) is 0 Å². The summed E-state index contributed by atoms with van der Waals surface area (Å²) >= 11 is 0. The van der Waals surface area contributed by atoms with E-state index in [1.54, 1.807) is 15.9 Å². The molecule has 1 aromatic rings. The molecule has 2 saturated heterocycles. The standard InChI is InChI=1S/C17H21NO4.C10H17NO3.C2H6/c1-16(2,3)22-15(20)18-10-8-17(9-11-18)13-7-5-4-6-12(13)14(19)21-17;1-10(2,3)14-9(13)11-6-4-8(12)5-7-11;1-2/h4-7H,8-11H2,1-3H3;4-7H2,1-3H3;1-2H3. The van der Waals surface area contributed by atoms with Crippen molar-refractivity contribution in [3.63, 3.8) is 0 Å². The summed E-state index contributed by atoms with van der Waals surface area (Å²) in [5.41, 5.74) is 0.0562. The number of carbonyl (C=O) groups excluding carboxylic acids is 4. The number of esters is 1. The van der Waals surface area contributed by atoms with Gasteiger partial charge in [-0.2, -0.15) is 0 Å². The highest BCUT2D eigenvalue weighted by Crippen LogP contribution is 2.44. The molecule has 0 saturated carbocycles. The molecule has 0 radical (unpaired) electrons. The van der Waals surface area contributed by atoms with E-state index < -0.39 is 16.8 Å². The van der Waals surface area contributed by atoms with Gasteiger partial charge in [-0.05, 0) is 47.6 Å². The summed E-state index contributed by atoms with van der Waals surface area (Å²) < 4.78 is 16.3. The highest BCUT2D eigenvalue weighted by Gasteiger charge is 2.48. The second kappa shape index (κ2) is 12.6. The van der Waals surface area contributed by atoms with Crippen LogP contribution >= 0.6 is 0 Å². The summed E-state index contributed by atoms with van der Waals surface area (Å²) in [5.74, 6) is -0.0360. The van der Waals surface area contributed by atoms with E-state index in [2.05, 4.69) is 0 Å². The first-order valence-electron chi connectivity index (χ1n) is 13.5. The number of hydrogen-bond donors (Lipinski definition) is 0. The van der Waals surface area contributed by atoms with Crippen molar-refractivity contribution in [1.29, 1.82) is 0 Å². The minimum absolute atomic E-state index is 0.227. The lowest BCUT2D eigenvalue weighted by Gasteiger charge is -2.38. The first-order valence-corrected chi connectivity index (χ1v) is 13.5. The van der Waals surface area contributed by atoms with E-state index >= 15 is 0 Å². The predicted molar refractivity (Wildman–Crippen MR) is 144 cm³/mol. The van der Waals surface area contributed by atoms with Crippen LogP contribution in [0, 0.1) is 0 Å². The highest BCUT2D eigenvalue weighted by atomic mass is 16.6. The van der Waals surface area contributed by atoms with E-state index in [1.165, 1.54) is 0 Å². The molecule has 3 aliphatic heterocycles. The van der Waals surface area contributed by atoms with Crippen LogP contribution in [0.5, 0.6) is 0 Å². The SMILES string of the molecule is CC.CC(C)(C)OC(=O)N1CCC(=O)CC1.CC(C)(C)OC(=O)N1CCC2(CC1)OC(=O)c1ccccc12. The van der Waals surface area contributed by atoms with E-state index in [1.807, 2.05) is 73.6 Å². The zero-order valence-electron chi connectivity index (χ0n) is 24.2. The largest absolute Gasteiger partial charge is 0.450 e. The minimum atomic E-state index is -0.577. The molecule has 2 amide bonds. The topological polar surface area (TPSA) is 102 Å². The molecule has 1 aromatic carbocycles. The Labute approximate surface area is 226 Å². The number of Topliss-reactive ketones (excluding diaryl/α,β-unsaturated/α-hetero) is 1. The van der Waals surface area contributed by atoms with Crippen molar-refractivity contribution in [3.8, 4) is 0 Å². The van der Waals surface area contributed by atoms with Gasteiger partial charge in [0.15, 0.2) is 0 Å². The second-order valence-corrected chi connectivity index (χ2v) is 11.4. The molecule has 0 unspecified atom stereocenters. The van der Waals surface area contributed by atoms with Gasteiger partial charge in [-0.1, -0.05) is 32.0 Å². The van der Waals surface area contributed by atoms with Crippen LogP contribution in [0.1, 0.15) is 97.0 Å². The number of ketones is 1. The molecule has 0 N–H and O–H groups in total. The Hall–Kier alpha value is -3.10. The van der Waals surface area contributed by atoms with Crippen LogP contribution in [0.3, 0.4) is 0 Å². The number of fused-ring (bicyclic) bond motifs is 2. The van der Waals surface area contributed by atoms with Crippen LogP contribution in [0.15, 0.2) is 24.3 Å². The fourth-order valence-corrected chi connectivity index (χ4v) is 4.36. The zero-order chi connectivity index (χ0) is 28.7. The quantitative estimate of drug-likeness (QED) is 0.312. The van der Waals surface area contributed by atoms with E-state index in [0.717, 1.165) is 5.56 Å². The Kier molecular flexibility index (Phi) is 10.3. The molecule has 9 nitrogen and oxygen atoms in total. The number of nitrogens with zero attached hydrogens (tertiary/aromatic N) is 2. The van der Waals surface area contributed by atoms with Crippen LogP contribution in [-0.4, -0.2) is 71.1 Å². The van der Waals surface area contributed by atoms with E-state index in [9.17, 15) is 19.2 Å². The monoisotopic (exact) mass is 532 g/mol. The van der Waals surface area contributed by atoms with Gasteiger partial charge in [-0.25, -0.2) is 14.4 Å². The smallest absolute Gasteiger partial charge is 0.410 e. The molecule has 38 heavy (non-hydrogen) atoms. The average Bonchev–Trinajstić information content (AvgIpc) is 3.11. The maximum Gasteiger partial charge on any atom is 0.410 e. The molecule has 4 rings (SSSR count). The number of hydrogen-bond acceptors (Lipinski definition) is 7. The fourth-order valence-electron chi connectivity index (χ4n) is 4.36. The first kappa shape index (κ1) is 31.1. The Balaban J connectivity index is 0.000000274. The molecule has 0 bridgehead atoms. The third-order valence-electron chi connectivity index (χ3n) is 6.12.